The molecule has 1 fully saturated rings. The van der Waals surface area contributed by atoms with Crippen LogP contribution < -0.4 is 0 Å². The number of halogens is 1. The molecule has 1 unspecified atom stereocenters. The second kappa shape index (κ2) is 5.65. The van der Waals surface area contributed by atoms with Gasteiger partial charge in [0.05, 0.1) is 26.2 Å². The highest BCUT2D eigenvalue weighted by molar-refractivity contribution is 9.10. The van der Waals surface area contributed by atoms with Crippen LogP contribution in [-0.2, 0) is 14.3 Å². The number of benzene rings is 1. The Morgan fingerprint density at radius 2 is 2.24 bits per heavy atom. The molecule has 0 radical (unpaired) electrons. The lowest BCUT2D eigenvalue weighted by Crippen LogP contribution is -2.31. The first-order valence-corrected chi connectivity index (χ1v) is 6.41. The summed E-state index contributed by atoms with van der Waals surface area (Å²) in [6, 6.07) is 7.79. The van der Waals surface area contributed by atoms with Crippen LogP contribution in [0.25, 0.3) is 0 Å². The van der Waals surface area contributed by atoms with Crippen molar-refractivity contribution >= 4 is 21.9 Å². The molecular formula is C13H15BrO3. The molecule has 0 aromatic heterocycles. The fourth-order valence-electron chi connectivity index (χ4n) is 2.00. The van der Waals surface area contributed by atoms with Crippen LogP contribution in [0.3, 0.4) is 0 Å². The van der Waals surface area contributed by atoms with Crippen molar-refractivity contribution in [1.82, 2.24) is 0 Å². The second-order valence-corrected chi connectivity index (χ2v) is 5.09. The molecule has 0 spiro atoms. The summed E-state index contributed by atoms with van der Waals surface area (Å²) in [5.41, 5.74) is 0.992. The van der Waals surface area contributed by atoms with Crippen molar-refractivity contribution in [2.24, 2.45) is 5.92 Å². The van der Waals surface area contributed by atoms with E-state index in [1.165, 1.54) is 7.11 Å². The third kappa shape index (κ3) is 2.87. The Hall–Kier alpha value is -0.870. The van der Waals surface area contributed by atoms with Gasteiger partial charge in [-0.2, -0.15) is 0 Å². The number of hydrogen-bond donors (Lipinski definition) is 0. The molecule has 0 saturated carbocycles. The molecule has 1 aromatic rings. The molecule has 2 rings (SSSR count). The van der Waals surface area contributed by atoms with Gasteiger partial charge in [-0.1, -0.05) is 34.1 Å². The number of ether oxygens (including phenoxy) is 2. The summed E-state index contributed by atoms with van der Waals surface area (Å²) < 4.78 is 11.0. The Bertz CT molecular complexity index is 401. The molecule has 1 heterocycles. The lowest BCUT2D eigenvalue weighted by Gasteiger charge is -2.29. The smallest absolute Gasteiger partial charge is 0.313 e. The number of carbonyl (C=O) groups excluding carboxylic acids is 1. The molecule has 1 atom stereocenters. The van der Waals surface area contributed by atoms with Gasteiger partial charge in [0.2, 0.25) is 0 Å². The van der Waals surface area contributed by atoms with Crippen molar-refractivity contribution in [2.45, 2.75) is 12.3 Å². The Balaban J connectivity index is 2.19. The Labute approximate surface area is 109 Å². The first-order chi connectivity index (χ1) is 8.22. The number of esters is 1. The standard InChI is InChI=1S/C13H15BrO3/c1-16-13(15)11(6-9-7-17-8-9)10-4-2-3-5-12(10)14/h2-5,9,11H,6-8H2,1H3. The maximum atomic E-state index is 11.9. The molecule has 1 aliphatic heterocycles. The van der Waals surface area contributed by atoms with Gasteiger partial charge in [-0.3, -0.25) is 4.79 Å². The summed E-state index contributed by atoms with van der Waals surface area (Å²) >= 11 is 3.49. The molecular weight excluding hydrogens is 284 g/mol. The molecule has 1 aliphatic rings. The fraction of sp³-hybridized carbons (Fsp3) is 0.462. The van der Waals surface area contributed by atoms with Gasteiger partial charge in [0, 0.05) is 10.4 Å². The van der Waals surface area contributed by atoms with Crippen LogP contribution in [0.15, 0.2) is 28.7 Å². The lowest BCUT2D eigenvalue weighted by atomic mass is 9.88. The van der Waals surface area contributed by atoms with E-state index in [-0.39, 0.29) is 11.9 Å². The highest BCUT2D eigenvalue weighted by Gasteiger charge is 2.30. The first-order valence-electron chi connectivity index (χ1n) is 5.62. The first kappa shape index (κ1) is 12.6. The van der Waals surface area contributed by atoms with Gasteiger partial charge in [0.1, 0.15) is 0 Å². The summed E-state index contributed by atoms with van der Waals surface area (Å²) in [5.74, 6) is 0.0829. The minimum Gasteiger partial charge on any atom is -0.469 e. The van der Waals surface area contributed by atoms with Crippen molar-refractivity contribution in [2.75, 3.05) is 20.3 Å². The molecule has 0 N–H and O–H groups in total. The van der Waals surface area contributed by atoms with E-state index in [0.717, 1.165) is 29.7 Å². The Morgan fingerprint density at radius 3 is 2.76 bits per heavy atom. The average Bonchev–Trinajstić information content (AvgIpc) is 2.29. The van der Waals surface area contributed by atoms with Crippen molar-refractivity contribution in [3.63, 3.8) is 0 Å². The van der Waals surface area contributed by atoms with Gasteiger partial charge < -0.3 is 9.47 Å². The van der Waals surface area contributed by atoms with Crippen LogP contribution in [0.4, 0.5) is 0 Å². The summed E-state index contributed by atoms with van der Waals surface area (Å²) in [6.45, 7) is 1.50. The Morgan fingerprint density at radius 1 is 1.53 bits per heavy atom. The van der Waals surface area contributed by atoms with Crippen LogP contribution >= 0.6 is 15.9 Å². The van der Waals surface area contributed by atoms with Gasteiger partial charge >= 0.3 is 5.97 Å². The van der Waals surface area contributed by atoms with Crippen molar-refractivity contribution < 1.29 is 14.3 Å². The topological polar surface area (TPSA) is 35.5 Å². The predicted octanol–water partition coefficient (Wildman–Crippen LogP) is 2.74. The van der Waals surface area contributed by atoms with Crippen molar-refractivity contribution in [1.29, 1.82) is 0 Å². The molecule has 0 amide bonds. The fourth-order valence-corrected chi connectivity index (χ4v) is 2.57. The van der Waals surface area contributed by atoms with Crippen molar-refractivity contribution in [3.8, 4) is 0 Å². The van der Waals surface area contributed by atoms with E-state index in [1.807, 2.05) is 24.3 Å². The molecule has 1 saturated heterocycles. The summed E-state index contributed by atoms with van der Waals surface area (Å²) in [7, 11) is 1.43. The number of hydrogen-bond acceptors (Lipinski definition) is 3. The van der Waals surface area contributed by atoms with Gasteiger partial charge in [-0.25, -0.2) is 0 Å². The average molecular weight is 299 g/mol. The zero-order chi connectivity index (χ0) is 12.3. The highest BCUT2D eigenvalue weighted by Crippen LogP contribution is 2.32. The van der Waals surface area contributed by atoms with Crippen LogP contribution in [0.1, 0.15) is 17.9 Å². The zero-order valence-electron chi connectivity index (χ0n) is 9.69. The minimum atomic E-state index is -0.204. The van der Waals surface area contributed by atoms with E-state index in [2.05, 4.69) is 15.9 Å². The van der Waals surface area contributed by atoms with Crippen molar-refractivity contribution in [3.05, 3.63) is 34.3 Å². The van der Waals surface area contributed by atoms with Gasteiger partial charge in [0.25, 0.3) is 0 Å². The maximum absolute atomic E-state index is 11.9. The maximum Gasteiger partial charge on any atom is 0.313 e. The molecule has 3 nitrogen and oxygen atoms in total. The third-order valence-electron chi connectivity index (χ3n) is 3.04. The summed E-state index contributed by atoms with van der Waals surface area (Å²) in [6.07, 6.45) is 0.787. The molecule has 92 valence electrons. The molecule has 0 bridgehead atoms. The molecule has 17 heavy (non-hydrogen) atoms. The second-order valence-electron chi connectivity index (χ2n) is 4.24. The van der Waals surface area contributed by atoms with E-state index in [0.29, 0.717) is 5.92 Å². The van der Waals surface area contributed by atoms with Gasteiger partial charge in [-0.15, -0.1) is 0 Å². The monoisotopic (exact) mass is 298 g/mol. The van der Waals surface area contributed by atoms with E-state index in [4.69, 9.17) is 9.47 Å². The zero-order valence-corrected chi connectivity index (χ0v) is 11.3. The Kier molecular flexibility index (Phi) is 4.18. The highest BCUT2D eigenvalue weighted by atomic mass is 79.9. The van der Waals surface area contributed by atoms with E-state index in [9.17, 15) is 4.79 Å². The third-order valence-corrected chi connectivity index (χ3v) is 3.76. The predicted molar refractivity (Wildman–Crippen MR) is 67.8 cm³/mol. The van der Waals surface area contributed by atoms with E-state index >= 15 is 0 Å². The SMILES string of the molecule is COC(=O)C(CC1COC1)c1ccccc1Br. The summed E-state index contributed by atoms with van der Waals surface area (Å²) in [4.78, 5) is 11.9. The van der Waals surface area contributed by atoms with Gasteiger partial charge in [-0.05, 0) is 18.1 Å². The minimum absolute atomic E-state index is 0.177. The van der Waals surface area contributed by atoms with Crippen LogP contribution in [0.5, 0.6) is 0 Å². The van der Waals surface area contributed by atoms with Crippen LogP contribution in [0, 0.1) is 5.92 Å². The number of methoxy groups -OCH3 is 1. The largest absolute Gasteiger partial charge is 0.469 e. The number of rotatable bonds is 4. The van der Waals surface area contributed by atoms with Crippen LogP contribution in [0.2, 0.25) is 0 Å². The molecule has 1 aromatic carbocycles. The summed E-state index contributed by atoms with van der Waals surface area (Å²) in [5, 5.41) is 0. The van der Waals surface area contributed by atoms with E-state index < -0.39 is 0 Å². The van der Waals surface area contributed by atoms with E-state index in [1.54, 1.807) is 0 Å². The number of carbonyl (C=O) groups is 1. The lowest BCUT2D eigenvalue weighted by molar-refractivity contribution is -0.144. The van der Waals surface area contributed by atoms with Gasteiger partial charge in [0.15, 0.2) is 0 Å². The molecule has 4 heteroatoms. The molecule has 0 aliphatic carbocycles. The normalized spacial score (nSPS) is 17.3. The quantitative estimate of drug-likeness (QED) is 0.802. The van der Waals surface area contributed by atoms with Crippen LogP contribution in [-0.4, -0.2) is 26.3 Å².